The zero-order valence-corrected chi connectivity index (χ0v) is 17.2. The number of carbonyl (C=O) groups is 1. The number of hydrogen-bond acceptors (Lipinski definition) is 4. The van der Waals surface area contributed by atoms with Gasteiger partial charge in [-0.3, -0.25) is 9.48 Å². The first-order valence-electron chi connectivity index (χ1n) is 9.21. The number of methoxy groups -OCH3 is 1. The highest BCUT2D eigenvalue weighted by atomic mass is 35.5. The number of ether oxygens (including phenoxy) is 1. The van der Waals surface area contributed by atoms with E-state index in [2.05, 4.69) is 29.6 Å². The maximum atomic E-state index is 12.7. The molecule has 2 N–H and O–H groups in total. The number of amides is 1. The van der Waals surface area contributed by atoms with Gasteiger partial charge in [0.25, 0.3) is 5.91 Å². The molecule has 0 spiro atoms. The molecule has 1 aliphatic heterocycles. The highest BCUT2D eigenvalue weighted by Crippen LogP contribution is 2.26. The number of aromatic nitrogens is 2. The summed E-state index contributed by atoms with van der Waals surface area (Å²) in [6, 6.07) is 7.57. The number of carbonyl (C=O) groups excluding carboxylic acids is 1. The van der Waals surface area contributed by atoms with E-state index >= 15 is 0 Å². The second kappa shape index (κ2) is 9.24. The van der Waals surface area contributed by atoms with Crippen molar-refractivity contribution in [3.63, 3.8) is 0 Å². The minimum Gasteiger partial charge on any atom is -0.496 e. The third-order valence-corrected chi connectivity index (χ3v) is 4.95. The lowest BCUT2D eigenvalue weighted by atomic mass is 9.96. The van der Waals surface area contributed by atoms with Crippen molar-refractivity contribution in [1.29, 1.82) is 0 Å². The van der Waals surface area contributed by atoms with Crippen LogP contribution in [0, 0.1) is 5.92 Å². The van der Waals surface area contributed by atoms with Gasteiger partial charge in [0, 0.05) is 18.7 Å². The molecule has 1 fully saturated rings. The molecule has 0 radical (unpaired) electrons. The van der Waals surface area contributed by atoms with Crippen LogP contribution in [0.3, 0.4) is 0 Å². The van der Waals surface area contributed by atoms with Crippen LogP contribution in [0.25, 0.3) is 0 Å². The third kappa shape index (κ3) is 5.02. The first-order valence-corrected chi connectivity index (χ1v) is 9.21. The van der Waals surface area contributed by atoms with Gasteiger partial charge in [0.2, 0.25) is 0 Å². The van der Waals surface area contributed by atoms with E-state index < -0.39 is 0 Å². The normalized spacial score (nSPS) is 16.3. The second-order valence-corrected chi connectivity index (χ2v) is 7.28. The number of nitrogens with zero attached hydrogens (tertiary/aromatic N) is 2. The lowest BCUT2D eigenvalue weighted by molar-refractivity contribution is 0.102. The standard InChI is InChI=1S/C20H28N4O2.ClH/c1-13(2)17-11-19(24(3)23-17)22-20(25)15-5-6-18(26-4)16(10-15)9-14-7-8-21-12-14;/h5-6,10-11,13-14,21H,7-9,12H2,1-4H3,(H,22,25);1H. The highest BCUT2D eigenvalue weighted by molar-refractivity contribution is 6.04. The first kappa shape index (κ1) is 21.3. The van der Waals surface area contributed by atoms with Gasteiger partial charge in [-0.1, -0.05) is 13.8 Å². The van der Waals surface area contributed by atoms with E-state index in [0.717, 1.165) is 42.9 Å². The molecule has 2 aromatic rings. The van der Waals surface area contributed by atoms with E-state index in [1.165, 1.54) is 0 Å². The Morgan fingerprint density at radius 1 is 1.41 bits per heavy atom. The number of halogens is 1. The molecule has 1 unspecified atom stereocenters. The van der Waals surface area contributed by atoms with Crippen LogP contribution in [-0.4, -0.2) is 35.9 Å². The fourth-order valence-electron chi connectivity index (χ4n) is 3.36. The van der Waals surface area contributed by atoms with Crippen molar-refractivity contribution < 1.29 is 9.53 Å². The van der Waals surface area contributed by atoms with Gasteiger partial charge in [-0.25, -0.2) is 0 Å². The molecule has 1 aromatic carbocycles. The maximum absolute atomic E-state index is 12.7. The van der Waals surface area contributed by atoms with Gasteiger partial charge in [-0.2, -0.15) is 5.10 Å². The lowest BCUT2D eigenvalue weighted by Crippen LogP contribution is -2.16. The topological polar surface area (TPSA) is 68.2 Å². The minimum absolute atomic E-state index is 0. The predicted octanol–water partition coefficient (Wildman–Crippen LogP) is 3.38. The van der Waals surface area contributed by atoms with Crippen LogP contribution < -0.4 is 15.4 Å². The van der Waals surface area contributed by atoms with Crippen molar-refractivity contribution >= 4 is 24.1 Å². The van der Waals surface area contributed by atoms with Crippen LogP contribution in [-0.2, 0) is 13.5 Å². The fraction of sp³-hybridized carbons (Fsp3) is 0.500. The van der Waals surface area contributed by atoms with Crippen molar-refractivity contribution in [2.75, 3.05) is 25.5 Å². The Balaban J connectivity index is 0.00000261. The van der Waals surface area contributed by atoms with E-state index in [0.29, 0.717) is 23.2 Å². The molecule has 148 valence electrons. The Kier molecular flexibility index (Phi) is 7.27. The van der Waals surface area contributed by atoms with Crippen molar-refractivity contribution in [2.24, 2.45) is 13.0 Å². The Labute approximate surface area is 167 Å². The summed E-state index contributed by atoms with van der Waals surface area (Å²) in [4.78, 5) is 12.7. The number of aryl methyl sites for hydroxylation is 1. The van der Waals surface area contributed by atoms with E-state index in [1.807, 2.05) is 31.3 Å². The fourth-order valence-corrected chi connectivity index (χ4v) is 3.36. The van der Waals surface area contributed by atoms with E-state index in [1.54, 1.807) is 11.8 Å². The molecule has 3 rings (SSSR count). The minimum atomic E-state index is -0.128. The van der Waals surface area contributed by atoms with Gasteiger partial charge in [-0.15, -0.1) is 12.4 Å². The average molecular weight is 393 g/mol. The number of benzene rings is 1. The summed E-state index contributed by atoms with van der Waals surface area (Å²) >= 11 is 0. The molecule has 0 bridgehead atoms. The van der Waals surface area contributed by atoms with Crippen molar-refractivity contribution in [1.82, 2.24) is 15.1 Å². The van der Waals surface area contributed by atoms with Crippen molar-refractivity contribution in [3.05, 3.63) is 41.1 Å². The molecule has 1 atom stereocenters. The van der Waals surface area contributed by atoms with Crippen LogP contribution in [0.5, 0.6) is 5.75 Å². The Morgan fingerprint density at radius 2 is 2.19 bits per heavy atom. The molecule has 1 aliphatic rings. The molecule has 27 heavy (non-hydrogen) atoms. The number of nitrogens with one attached hydrogen (secondary N) is 2. The summed E-state index contributed by atoms with van der Waals surface area (Å²) in [6.45, 7) is 6.25. The van der Waals surface area contributed by atoms with Gasteiger partial charge in [0.15, 0.2) is 0 Å². The van der Waals surface area contributed by atoms with Gasteiger partial charge in [-0.05, 0) is 61.5 Å². The summed E-state index contributed by atoms with van der Waals surface area (Å²) < 4.78 is 7.20. The van der Waals surface area contributed by atoms with Crippen molar-refractivity contribution in [2.45, 2.75) is 32.6 Å². The predicted molar refractivity (Wildman–Crippen MR) is 110 cm³/mol. The summed E-state index contributed by atoms with van der Waals surface area (Å²) in [5.41, 5.74) is 2.69. The molecule has 6 nitrogen and oxygen atoms in total. The molecule has 1 saturated heterocycles. The molecule has 1 amide bonds. The number of anilines is 1. The third-order valence-electron chi connectivity index (χ3n) is 4.95. The van der Waals surface area contributed by atoms with E-state index in [-0.39, 0.29) is 18.3 Å². The first-order chi connectivity index (χ1) is 12.5. The largest absolute Gasteiger partial charge is 0.496 e. The van der Waals surface area contributed by atoms with Crippen LogP contribution >= 0.6 is 12.4 Å². The number of rotatable bonds is 6. The molecule has 1 aromatic heterocycles. The molecule has 0 aliphatic carbocycles. The SMILES string of the molecule is COc1ccc(C(=O)Nc2cc(C(C)C)nn2C)cc1CC1CCNC1.Cl. The van der Waals surface area contributed by atoms with Gasteiger partial charge in [0.05, 0.1) is 12.8 Å². The quantitative estimate of drug-likeness (QED) is 0.790. The monoisotopic (exact) mass is 392 g/mol. The summed E-state index contributed by atoms with van der Waals surface area (Å²) in [5, 5.41) is 10.8. The van der Waals surface area contributed by atoms with Crippen LogP contribution in [0.4, 0.5) is 5.82 Å². The number of hydrogen-bond donors (Lipinski definition) is 2. The smallest absolute Gasteiger partial charge is 0.256 e. The summed E-state index contributed by atoms with van der Waals surface area (Å²) in [5.74, 6) is 2.33. The van der Waals surface area contributed by atoms with Crippen molar-refractivity contribution in [3.8, 4) is 5.75 Å². The summed E-state index contributed by atoms with van der Waals surface area (Å²) in [6.07, 6.45) is 2.08. The lowest BCUT2D eigenvalue weighted by Gasteiger charge is -2.14. The Morgan fingerprint density at radius 3 is 2.78 bits per heavy atom. The Bertz CT molecular complexity index is 782. The molecule has 2 heterocycles. The molecule has 7 heteroatoms. The summed E-state index contributed by atoms with van der Waals surface area (Å²) in [7, 11) is 3.52. The van der Waals surface area contributed by atoms with Gasteiger partial charge in [0.1, 0.15) is 11.6 Å². The van der Waals surface area contributed by atoms with E-state index in [9.17, 15) is 4.79 Å². The maximum Gasteiger partial charge on any atom is 0.256 e. The second-order valence-electron chi connectivity index (χ2n) is 7.28. The van der Waals surface area contributed by atoms with Crippen LogP contribution in [0.2, 0.25) is 0 Å². The average Bonchev–Trinajstić information content (AvgIpc) is 3.25. The van der Waals surface area contributed by atoms with Crippen LogP contribution in [0.1, 0.15) is 47.8 Å². The Hall–Kier alpha value is -2.05. The van der Waals surface area contributed by atoms with E-state index in [4.69, 9.17) is 4.74 Å². The highest BCUT2D eigenvalue weighted by Gasteiger charge is 2.19. The molecular weight excluding hydrogens is 364 g/mol. The molecular formula is C20H29ClN4O2. The van der Waals surface area contributed by atoms with Gasteiger partial charge >= 0.3 is 0 Å². The zero-order chi connectivity index (χ0) is 18.7. The van der Waals surface area contributed by atoms with Crippen LogP contribution in [0.15, 0.2) is 24.3 Å². The zero-order valence-electron chi connectivity index (χ0n) is 16.4. The van der Waals surface area contributed by atoms with Gasteiger partial charge < -0.3 is 15.4 Å². The molecule has 0 saturated carbocycles.